The average Bonchev–Trinajstić information content (AvgIpc) is 2.78. The zero-order valence-electron chi connectivity index (χ0n) is 18.8. The van der Waals surface area contributed by atoms with E-state index in [9.17, 15) is 19.7 Å². The van der Waals surface area contributed by atoms with E-state index in [2.05, 4.69) is 31.0 Å². The van der Waals surface area contributed by atoms with Gasteiger partial charge in [0.05, 0.1) is 4.92 Å². The first-order chi connectivity index (χ1) is 15.1. The van der Waals surface area contributed by atoms with Crippen molar-refractivity contribution in [1.82, 2.24) is 10.2 Å². The van der Waals surface area contributed by atoms with Crippen LogP contribution in [0.3, 0.4) is 0 Å². The minimum atomic E-state index is -0.417. The molecule has 170 valence electrons. The van der Waals surface area contributed by atoms with E-state index in [0.717, 1.165) is 11.3 Å². The summed E-state index contributed by atoms with van der Waals surface area (Å²) in [7, 11) is 0. The van der Waals surface area contributed by atoms with Crippen LogP contribution >= 0.6 is 0 Å². The Morgan fingerprint density at radius 1 is 0.969 bits per heavy atom. The predicted octanol–water partition coefficient (Wildman–Crippen LogP) is 3.36. The molecule has 0 spiro atoms. The van der Waals surface area contributed by atoms with Crippen molar-refractivity contribution in [2.24, 2.45) is 0 Å². The van der Waals surface area contributed by atoms with E-state index in [-0.39, 0.29) is 29.3 Å². The van der Waals surface area contributed by atoms with Crippen molar-refractivity contribution in [2.75, 3.05) is 37.6 Å². The van der Waals surface area contributed by atoms with Crippen molar-refractivity contribution in [3.8, 4) is 0 Å². The van der Waals surface area contributed by atoms with Gasteiger partial charge in [0, 0.05) is 62.5 Å². The van der Waals surface area contributed by atoms with Crippen molar-refractivity contribution in [3.05, 3.63) is 69.8 Å². The molecular formula is C24H30N4O4. The number of nitro benzene ring substituents is 1. The van der Waals surface area contributed by atoms with E-state index in [1.165, 1.54) is 12.1 Å². The molecule has 0 atom stereocenters. The molecule has 1 aliphatic heterocycles. The standard InChI is InChI=1S/C24H30N4O4/c1-24(2,3)19-6-4-18(5-7-19)23(30)25-13-12-22(29)27-16-14-26(15-17-27)20-8-10-21(11-9-20)28(31)32/h4-11H,12-17H2,1-3H3,(H,25,30). The van der Waals surface area contributed by atoms with Crippen LogP contribution in [-0.4, -0.2) is 54.4 Å². The summed E-state index contributed by atoms with van der Waals surface area (Å²) in [6.07, 6.45) is 0.253. The van der Waals surface area contributed by atoms with E-state index >= 15 is 0 Å². The summed E-state index contributed by atoms with van der Waals surface area (Å²) in [5, 5.41) is 13.6. The average molecular weight is 439 g/mol. The van der Waals surface area contributed by atoms with Crippen LogP contribution in [0.2, 0.25) is 0 Å². The van der Waals surface area contributed by atoms with Gasteiger partial charge in [-0.3, -0.25) is 19.7 Å². The van der Waals surface area contributed by atoms with Gasteiger partial charge in [0.1, 0.15) is 0 Å². The molecule has 0 radical (unpaired) electrons. The quantitative estimate of drug-likeness (QED) is 0.551. The highest BCUT2D eigenvalue weighted by molar-refractivity contribution is 5.94. The van der Waals surface area contributed by atoms with E-state index in [0.29, 0.717) is 38.3 Å². The molecule has 8 heteroatoms. The molecule has 0 aromatic heterocycles. The molecule has 0 saturated carbocycles. The van der Waals surface area contributed by atoms with Crippen LogP contribution in [0, 0.1) is 10.1 Å². The molecule has 8 nitrogen and oxygen atoms in total. The number of piperazine rings is 1. The maximum absolute atomic E-state index is 12.5. The van der Waals surface area contributed by atoms with E-state index < -0.39 is 4.92 Å². The fraction of sp³-hybridized carbons (Fsp3) is 0.417. The van der Waals surface area contributed by atoms with Gasteiger partial charge in [0.25, 0.3) is 11.6 Å². The van der Waals surface area contributed by atoms with Crippen molar-refractivity contribution in [1.29, 1.82) is 0 Å². The number of nitro groups is 1. The van der Waals surface area contributed by atoms with Crippen LogP contribution in [0.25, 0.3) is 0 Å². The third kappa shape index (κ3) is 5.84. The lowest BCUT2D eigenvalue weighted by atomic mass is 9.87. The van der Waals surface area contributed by atoms with Gasteiger partial charge in [-0.1, -0.05) is 32.9 Å². The first-order valence-electron chi connectivity index (χ1n) is 10.8. The molecule has 1 fully saturated rings. The van der Waals surface area contributed by atoms with Crippen LogP contribution in [0.1, 0.15) is 43.1 Å². The minimum absolute atomic E-state index is 0.0109. The van der Waals surface area contributed by atoms with Gasteiger partial charge in [-0.05, 0) is 35.2 Å². The van der Waals surface area contributed by atoms with Gasteiger partial charge in [-0.15, -0.1) is 0 Å². The van der Waals surface area contributed by atoms with Crippen molar-refractivity contribution < 1.29 is 14.5 Å². The number of non-ortho nitro benzene ring substituents is 1. The minimum Gasteiger partial charge on any atom is -0.368 e. The summed E-state index contributed by atoms with van der Waals surface area (Å²) < 4.78 is 0. The summed E-state index contributed by atoms with van der Waals surface area (Å²) in [5.41, 5.74) is 2.76. The first kappa shape index (κ1) is 23.2. The van der Waals surface area contributed by atoms with E-state index in [1.807, 2.05) is 24.3 Å². The van der Waals surface area contributed by atoms with E-state index in [1.54, 1.807) is 17.0 Å². The number of hydrogen-bond donors (Lipinski definition) is 1. The largest absolute Gasteiger partial charge is 0.368 e. The Hall–Kier alpha value is -3.42. The van der Waals surface area contributed by atoms with Crippen molar-refractivity contribution in [3.63, 3.8) is 0 Å². The number of benzene rings is 2. The van der Waals surface area contributed by atoms with E-state index in [4.69, 9.17) is 0 Å². The molecule has 1 aliphatic rings. The van der Waals surface area contributed by atoms with Crippen LogP contribution < -0.4 is 10.2 Å². The molecule has 2 amide bonds. The van der Waals surface area contributed by atoms with Crippen molar-refractivity contribution >= 4 is 23.2 Å². The summed E-state index contributed by atoms with van der Waals surface area (Å²) >= 11 is 0. The van der Waals surface area contributed by atoms with Gasteiger partial charge < -0.3 is 15.1 Å². The number of nitrogens with one attached hydrogen (secondary N) is 1. The molecule has 1 N–H and O–H groups in total. The normalized spacial score (nSPS) is 14.2. The second kappa shape index (κ2) is 9.80. The Labute approximate surface area is 188 Å². The Balaban J connectivity index is 1.42. The monoisotopic (exact) mass is 438 g/mol. The van der Waals surface area contributed by atoms with Gasteiger partial charge in [0.2, 0.25) is 5.91 Å². The molecule has 0 unspecified atom stereocenters. The second-order valence-corrected chi connectivity index (χ2v) is 8.97. The fourth-order valence-corrected chi connectivity index (χ4v) is 3.66. The molecule has 1 heterocycles. The van der Waals surface area contributed by atoms with Gasteiger partial charge in [0.15, 0.2) is 0 Å². The first-order valence-corrected chi connectivity index (χ1v) is 10.8. The molecule has 32 heavy (non-hydrogen) atoms. The third-order valence-electron chi connectivity index (χ3n) is 5.70. The van der Waals surface area contributed by atoms with Gasteiger partial charge >= 0.3 is 0 Å². The maximum atomic E-state index is 12.5. The van der Waals surface area contributed by atoms with Crippen molar-refractivity contribution in [2.45, 2.75) is 32.6 Å². The number of anilines is 1. The molecule has 0 aliphatic carbocycles. The number of amides is 2. The fourth-order valence-electron chi connectivity index (χ4n) is 3.66. The molecule has 0 bridgehead atoms. The van der Waals surface area contributed by atoms with Crippen LogP contribution in [0.15, 0.2) is 48.5 Å². The Morgan fingerprint density at radius 2 is 1.56 bits per heavy atom. The van der Waals surface area contributed by atoms with Crippen LogP contribution in [-0.2, 0) is 10.2 Å². The molecule has 3 rings (SSSR count). The number of carbonyl (C=O) groups is 2. The smallest absolute Gasteiger partial charge is 0.269 e. The third-order valence-corrected chi connectivity index (χ3v) is 5.70. The molecule has 2 aromatic carbocycles. The lowest BCUT2D eigenvalue weighted by Crippen LogP contribution is -2.49. The summed E-state index contributed by atoms with van der Waals surface area (Å²) in [5.74, 6) is -0.169. The summed E-state index contributed by atoms with van der Waals surface area (Å²) in [4.78, 5) is 39.1. The number of hydrogen-bond acceptors (Lipinski definition) is 5. The van der Waals surface area contributed by atoms with Crippen LogP contribution in [0.4, 0.5) is 11.4 Å². The lowest BCUT2D eigenvalue weighted by molar-refractivity contribution is -0.384. The molecule has 1 saturated heterocycles. The Morgan fingerprint density at radius 3 is 2.09 bits per heavy atom. The number of nitrogens with zero attached hydrogens (tertiary/aromatic N) is 3. The van der Waals surface area contributed by atoms with Crippen LogP contribution in [0.5, 0.6) is 0 Å². The highest BCUT2D eigenvalue weighted by Crippen LogP contribution is 2.22. The van der Waals surface area contributed by atoms with Gasteiger partial charge in [-0.2, -0.15) is 0 Å². The molecular weight excluding hydrogens is 408 g/mol. The Bertz CT molecular complexity index is 957. The summed E-state index contributed by atoms with van der Waals surface area (Å²) in [6.45, 7) is 9.15. The zero-order chi connectivity index (χ0) is 23.3. The SMILES string of the molecule is CC(C)(C)c1ccc(C(=O)NCCC(=O)N2CCN(c3ccc([N+](=O)[O-])cc3)CC2)cc1. The lowest BCUT2D eigenvalue weighted by Gasteiger charge is -2.36. The second-order valence-electron chi connectivity index (χ2n) is 8.97. The predicted molar refractivity (Wildman–Crippen MR) is 124 cm³/mol. The highest BCUT2D eigenvalue weighted by Gasteiger charge is 2.22. The number of carbonyl (C=O) groups excluding carboxylic acids is 2. The highest BCUT2D eigenvalue weighted by atomic mass is 16.6. The van der Waals surface area contributed by atoms with Gasteiger partial charge in [-0.25, -0.2) is 0 Å². The summed E-state index contributed by atoms with van der Waals surface area (Å²) in [6, 6.07) is 14.0. The zero-order valence-corrected chi connectivity index (χ0v) is 18.8. The molecule has 2 aromatic rings. The Kier molecular flexibility index (Phi) is 7.12. The topological polar surface area (TPSA) is 95.8 Å². The number of rotatable bonds is 6. The maximum Gasteiger partial charge on any atom is 0.269 e.